The van der Waals surface area contributed by atoms with Crippen LogP contribution in [0.4, 0.5) is 0 Å². The Morgan fingerprint density at radius 3 is 2.24 bits per heavy atom. The highest BCUT2D eigenvalue weighted by Crippen LogP contribution is 2.32. The quantitative estimate of drug-likeness (QED) is 0.849. The van der Waals surface area contributed by atoms with Crippen molar-refractivity contribution in [3.8, 4) is 0 Å². The Balaban J connectivity index is 2.19. The number of benzene rings is 1. The van der Waals surface area contributed by atoms with Gasteiger partial charge in [-0.1, -0.05) is 34.8 Å². The van der Waals surface area contributed by atoms with Gasteiger partial charge in [0.05, 0.1) is 15.6 Å². The highest BCUT2D eigenvalue weighted by Gasteiger charge is 2.32. The lowest BCUT2D eigenvalue weighted by molar-refractivity contribution is -0.0588. The summed E-state index contributed by atoms with van der Waals surface area (Å²) in [6, 6.07) is 2.60. The molecule has 0 radical (unpaired) electrons. The minimum absolute atomic E-state index is 0.0704. The second-order valence-electron chi connectivity index (χ2n) is 4.86. The maximum Gasteiger partial charge on any atom is 0.243 e. The van der Waals surface area contributed by atoms with Crippen LogP contribution < -0.4 is 4.72 Å². The summed E-state index contributed by atoms with van der Waals surface area (Å²) in [5.41, 5.74) is -1.13. The zero-order valence-corrected chi connectivity index (χ0v) is 14.0. The first kappa shape index (κ1) is 17.3. The Hall–Kier alpha value is -0.0800. The van der Waals surface area contributed by atoms with Gasteiger partial charge in [-0.05, 0) is 12.1 Å². The van der Waals surface area contributed by atoms with Crippen LogP contribution in [0.3, 0.4) is 0 Å². The van der Waals surface area contributed by atoms with E-state index in [2.05, 4.69) is 4.72 Å². The van der Waals surface area contributed by atoms with Gasteiger partial charge in [-0.3, -0.25) is 0 Å². The number of aliphatic hydroxyl groups is 1. The molecule has 0 bridgehead atoms. The Bertz CT molecular complexity index is 606. The lowest BCUT2D eigenvalue weighted by atomic mass is 9.95. The SMILES string of the molecule is O=S(=O)(NCC1(O)CCOCC1)c1c(Cl)cc(Cl)cc1Cl. The number of ether oxygens (including phenoxy) is 1. The van der Waals surface area contributed by atoms with E-state index in [1.165, 1.54) is 12.1 Å². The predicted molar refractivity (Wildman–Crippen MR) is 81.7 cm³/mol. The third kappa shape index (κ3) is 4.22. The molecule has 0 saturated carbocycles. The average Bonchev–Trinajstić information content (AvgIpc) is 2.36. The summed E-state index contributed by atoms with van der Waals surface area (Å²) >= 11 is 17.6. The fourth-order valence-electron chi connectivity index (χ4n) is 2.02. The molecule has 9 heteroatoms. The maximum absolute atomic E-state index is 12.3. The van der Waals surface area contributed by atoms with Crippen molar-refractivity contribution in [2.75, 3.05) is 19.8 Å². The fraction of sp³-hybridized carbons (Fsp3) is 0.500. The second kappa shape index (κ2) is 6.58. The molecule has 1 fully saturated rings. The van der Waals surface area contributed by atoms with Crippen LogP contribution in [0.2, 0.25) is 15.1 Å². The largest absolute Gasteiger partial charge is 0.388 e. The molecule has 5 nitrogen and oxygen atoms in total. The first-order valence-corrected chi connectivity index (χ1v) is 8.80. The van der Waals surface area contributed by atoms with E-state index in [0.717, 1.165) is 0 Å². The molecular formula is C12H14Cl3NO4S. The van der Waals surface area contributed by atoms with E-state index in [0.29, 0.717) is 26.1 Å². The second-order valence-corrected chi connectivity index (χ2v) is 7.81. The van der Waals surface area contributed by atoms with Crippen molar-refractivity contribution in [1.29, 1.82) is 0 Å². The highest BCUT2D eigenvalue weighted by atomic mass is 35.5. The molecule has 0 unspecified atom stereocenters. The van der Waals surface area contributed by atoms with Crippen LogP contribution in [0.5, 0.6) is 0 Å². The van der Waals surface area contributed by atoms with Gasteiger partial charge in [-0.15, -0.1) is 0 Å². The standard InChI is InChI=1S/C12H14Cl3NO4S/c13-8-5-9(14)11(10(15)6-8)21(18,19)16-7-12(17)1-3-20-4-2-12/h5-6,16-17H,1-4,7H2. The lowest BCUT2D eigenvalue weighted by Gasteiger charge is -2.32. The summed E-state index contributed by atoms with van der Waals surface area (Å²) in [5.74, 6) is 0. The predicted octanol–water partition coefficient (Wildman–Crippen LogP) is 2.47. The molecule has 0 aromatic heterocycles. The van der Waals surface area contributed by atoms with Gasteiger partial charge < -0.3 is 9.84 Å². The summed E-state index contributed by atoms with van der Waals surface area (Å²) in [7, 11) is -3.95. The number of rotatable bonds is 4. The molecular weight excluding hydrogens is 361 g/mol. The van der Waals surface area contributed by atoms with Crippen molar-refractivity contribution in [1.82, 2.24) is 4.72 Å². The molecule has 118 valence electrons. The summed E-state index contributed by atoms with van der Waals surface area (Å²) in [6.07, 6.45) is 0.717. The van der Waals surface area contributed by atoms with Crippen LogP contribution in [0, 0.1) is 0 Å². The monoisotopic (exact) mass is 373 g/mol. The Kier molecular flexibility index (Phi) is 5.41. The van der Waals surface area contributed by atoms with Crippen molar-refractivity contribution >= 4 is 44.8 Å². The van der Waals surface area contributed by atoms with E-state index < -0.39 is 15.6 Å². The van der Waals surface area contributed by atoms with Crippen LogP contribution in [0.25, 0.3) is 0 Å². The van der Waals surface area contributed by atoms with Gasteiger partial charge in [-0.2, -0.15) is 0 Å². The number of halogens is 3. The molecule has 1 aromatic rings. The topological polar surface area (TPSA) is 75.6 Å². The minimum Gasteiger partial charge on any atom is -0.388 e. The molecule has 1 aliphatic rings. The van der Waals surface area contributed by atoms with E-state index >= 15 is 0 Å². The smallest absolute Gasteiger partial charge is 0.243 e. The summed E-state index contributed by atoms with van der Waals surface area (Å²) in [5, 5.41) is 10.4. The maximum atomic E-state index is 12.3. The molecule has 2 N–H and O–H groups in total. The van der Waals surface area contributed by atoms with E-state index in [1.807, 2.05) is 0 Å². The number of hydrogen-bond donors (Lipinski definition) is 2. The molecule has 1 aliphatic heterocycles. The van der Waals surface area contributed by atoms with Gasteiger partial charge >= 0.3 is 0 Å². The molecule has 0 amide bonds. The van der Waals surface area contributed by atoms with Gasteiger partial charge in [0.15, 0.2) is 0 Å². The Morgan fingerprint density at radius 1 is 1.19 bits per heavy atom. The van der Waals surface area contributed by atoms with Gasteiger partial charge in [0.25, 0.3) is 0 Å². The number of sulfonamides is 1. The summed E-state index contributed by atoms with van der Waals surface area (Å²) in [6.45, 7) is 0.648. The van der Waals surface area contributed by atoms with Gasteiger partial charge in [0, 0.05) is 37.6 Å². The first-order valence-electron chi connectivity index (χ1n) is 6.18. The highest BCUT2D eigenvalue weighted by molar-refractivity contribution is 7.89. The molecule has 0 spiro atoms. The van der Waals surface area contributed by atoms with Gasteiger partial charge in [-0.25, -0.2) is 13.1 Å². The van der Waals surface area contributed by atoms with Crippen LogP contribution in [-0.2, 0) is 14.8 Å². The zero-order chi connectivity index (χ0) is 15.7. The molecule has 1 saturated heterocycles. The Morgan fingerprint density at radius 2 is 1.71 bits per heavy atom. The summed E-state index contributed by atoms with van der Waals surface area (Å²) in [4.78, 5) is -0.245. The molecule has 21 heavy (non-hydrogen) atoms. The van der Waals surface area contributed by atoms with E-state index in [4.69, 9.17) is 39.5 Å². The molecule has 1 aromatic carbocycles. The minimum atomic E-state index is -3.95. The van der Waals surface area contributed by atoms with E-state index in [1.54, 1.807) is 0 Å². The third-order valence-corrected chi connectivity index (χ3v) is 5.79. The van der Waals surface area contributed by atoms with Crippen molar-refractivity contribution in [3.05, 3.63) is 27.2 Å². The fourth-order valence-corrected chi connectivity index (χ4v) is 4.68. The van der Waals surface area contributed by atoms with Crippen molar-refractivity contribution in [3.63, 3.8) is 0 Å². The molecule has 2 rings (SSSR count). The van der Waals surface area contributed by atoms with Crippen molar-refractivity contribution in [2.45, 2.75) is 23.3 Å². The van der Waals surface area contributed by atoms with Crippen LogP contribution in [0.15, 0.2) is 17.0 Å². The zero-order valence-electron chi connectivity index (χ0n) is 10.9. The van der Waals surface area contributed by atoms with Crippen molar-refractivity contribution < 1.29 is 18.3 Å². The molecule has 1 heterocycles. The molecule has 0 atom stereocenters. The molecule has 0 aliphatic carbocycles. The first-order chi connectivity index (χ1) is 9.73. The third-order valence-electron chi connectivity index (χ3n) is 3.25. The summed E-state index contributed by atoms with van der Waals surface area (Å²) < 4.78 is 32.1. The van der Waals surface area contributed by atoms with E-state index in [9.17, 15) is 13.5 Å². The van der Waals surface area contributed by atoms with Gasteiger partial charge in [0.1, 0.15) is 4.90 Å². The van der Waals surface area contributed by atoms with E-state index in [-0.39, 0.29) is 26.5 Å². The van der Waals surface area contributed by atoms with Gasteiger partial charge in [0.2, 0.25) is 10.0 Å². The number of nitrogens with one attached hydrogen (secondary N) is 1. The van der Waals surface area contributed by atoms with Crippen molar-refractivity contribution in [2.24, 2.45) is 0 Å². The Labute approximate surface area is 138 Å². The lowest BCUT2D eigenvalue weighted by Crippen LogP contribution is -2.46. The van der Waals surface area contributed by atoms with Crippen LogP contribution >= 0.6 is 34.8 Å². The van der Waals surface area contributed by atoms with Crippen LogP contribution in [-0.4, -0.2) is 38.9 Å². The number of hydrogen-bond acceptors (Lipinski definition) is 4. The van der Waals surface area contributed by atoms with Crippen LogP contribution in [0.1, 0.15) is 12.8 Å². The average molecular weight is 375 g/mol. The normalized spacial score (nSPS) is 18.7.